The van der Waals surface area contributed by atoms with Crippen LogP contribution in [0.4, 0.5) is 4.39 Å². The molecule has 7 nitrogen and oxygen atoms in total. The topological polar surface area (TPSA) is 87.4 Å². The van der Waals surface area contributed by atoms with Crippen LogP contribution in [0.25, 0.3) is 28.2 Å². The molecule has 3 heterocycles. The fraction of sp³-hybridized carbons (Fsp3) is 0.227. The number of aromatic nitrogens is 4. The summed E-state index contributed by atoms with van der Waals surface area (Å²) in [6.45, 7) is 3.74. The number of ether oxygens (including phenoxy) is 1. The monoisotopic (exact) mass is 407 g/mol. The van der Waals surface area contributed by atoms with E-state index < -0.39 is 5.91 Å². The number of primary amides is 1. The van der Waals surface area contributed by atoms with Gasteiger partial charge in [-0.1, -0.05) is 0 Å². The Labute approximate surface area is 172 Å². The van der Waals surface area contributed by atoms with E-state index in [0.29, 0.717) is 25.5 Å². The van der Waals surface area contributed by atoms with Crippen LogP contribution in [0.2, 0.25) is 0 Å². The number of hydrogen-bond donors (Lipinski definition) is 1. The molecule has 30 heavy (non-hydrogen) atoms. The van der Waals surface area contributed by atoms with Crippen molar-refractivity contribution in [3.05, 3.63) is 66.6 Å². The number of imidazole rings is 2. The number of pyridine rings is 1. The van der Waals surface area contributed by atoms with E-state index in [4.69, 9.17) is 10.5 Å². The minimum Gasteiger partial charge on any atom is -0.380 e. The van der Waals surface area contributed by atoms with Gasteiger partial charge in [0.1, 0.15) is 11.5 Å². The van der Waals surface area contributed by atoms with Crippen LogP contribution in [0.3, 0.4) is 0 Å². The Hall–Kier alpha value is -3.52. The standard InChI is InChI=1S/C22H22FN5O2/c1-2-30-10-9-27-14-26-21(15-3-6-17(23)7-4-15)22(27)16-5-8-20-25-12-18(11-19(24)29)28(20)13-16/h3-8,12-14H,2,9-11H2,1H3,(H2,24,29). The Bertz CT molecular complexity index is 1180. The Morgan fingerprint density at radius 1 is 1.13 bits per heavy atom. The zero-order valence-corrected chi connectivity index (χ0v) is 16.6. The van der Waals surface area contributed by atoms with Crippen LogP contribution in [-0.2, 0) is 22.5 Å². The van der Waals surface area contributed by atoms with Crippen molar-refractivity contribution in [2.24, 2.45) is 5.73 Å². The second-order valence-corrected chi connectivity index (χ2v) is 6.88. The molecule has 0 aliphatic carbocycles. The SMILES string of the molecule is CCOCCn1cnc(-c2ccc(F)cc2)c1-c1ccc2ncc(CC(N)=O)n2c1. The van der Waals surface area contributed by atoms with Gasteiger partial charge in [-0.2, -0.15) is 0 Å². The molecule has 0 aliphatic rings. The first-order chi connectivity index (χ1) is 14.6. The summed E-state index contributed by atoms with van der Waals surface area (Å²) in [4.78, 5) is 20.3. The molecule has 0 saturated carbocycles. The van der Waals surface area contributed by atoms with Gasteiger partial charge in [0.2, 0.25) is 5.91 Å². The zero-order valence-electron chi connectivity index (χ0n) is 16.6. The second kappa shape index (κ2) is 8.46. The molecule has 0 atom stereocenters. The maximum Gasteiger partial charge on any atom is 0.223 e. The number of fused-ring (bicyclic) bond motifs is 1. The summed E-state index contributed by atoms with van der Waals surface area (Å²) in [5.41, 5.74) is 10.1. The maximum atomic E-state index is 13.4. The van der Waals surface area contributed by atoms with Gasteiger partial charge in [0, 0.05) is 36.7 Å². The van der Waals surface area contributed by atoms with E-state index in [1.807, 2.05) is 34.2 Å². The first kappa shape index (κ1) is 19.8. The summed E-state index contributed by atoms with van der Waals surface area (Å²) in [6.07, 6.45) is 5.42. The number of nitrogens with two attached hydrogens (primary N) is 1. The van der Waals surface area contributed by atoms with Crippen molar-refractivity contribution < 1.29 is 13.9 Å². The Kier molecular flexibility index (Phi) is 5.58. The van der Waals surface area contributed by atoms with Gasteiger partial charge in [-0.3, -0.25) is 4.79 Å². The first-order valence-corrected chi connectivity index (χ1v) is 9.70. The molecule has 1 amide bonds. The highest BCUT2D eigenvalue weighted by Crippen LogP contribution is 2.32. The van der Waals surface area contributed by atoms with E-state index in [2.05, 4.69) is 9.97 Å². The molecule has 0 bridgehead atoms. The Morgan fingerprint density at radius 2 is 1.90 bits per heavy atom. The lowest BCUT2D eigenvalue weighted by Crippen LogP contribution is -2.14. The van der Waals surface area contributed by atoms with E-state index in [9.17, 15) is 9.18 Å². The lowest BCUT2D eigenvalue weighted by molar-refractivity contribution is -0.117. The fourth-order valence-electron chi connectivity index (χ4n) is 3.46. The largest absolute Gasteiger partial charge is 0.380 e. The van der Waals surface area contributed by atoms with Gasteiger partial charge in [-0.05, 0) is 43.3 Å². The normalized spacial score (nSPS) is 11.3. The van der Waals surface area contributed by atoms with Crippen LogP contribution in [0.15, 0.2) is 55.1 Å². The molecule has 0 unspecified atom stereocenters. The number of carbonyl (C=O) groups is 1. The van der Waals surface area contributed by atoms with Crippen LogP contribution < -0.4 is 5.73 Å². The highest BCUT2D eigenvalue weighted by Gasteiger charge is 2.17. The molecule has 1 aromatic carbocycles. The van der Waals surface area contributed by atoms with Crippen molar-refractivity contribution in [1.29, 1.82) is 0 Å². The van der Waals surface area contributed by atoms with Crippen molar-refractivity contribution in [3.63, 3.8) is 0 Å². The number of carbonyl (C=O) groups excluding carboxylic acids is 1. The minimum atomic E-state index is -0.420. The number of nitrogens with zero attached hydrogens (tertiary/aromatic N) is 4. The quantitative estimate of drug-likeness (QED) is 0.455. The van der Waals surface area contributed by atoms with E-state index in [1.165, 1.54) is 12.1 Å². The summed E-state index contributed by atoms with van der Waals surface area (Å²) < 4.78 is 22.8. The molecule has 0 radical (unpaired) electrons. The van der Waals surface area contributed by atoms with Gasteiger partial charge in [0.15, 0.2) is 0 Å². The van der Waals surface area contributed by atoms with Crippen LogP contribution in [0.5, 0.6) is 0 Å². The fourth-order valence-corrected chi connectivity index (χ4v) is 3.46. The molecule has 4 rings (SSSR count). The van der Waals surface area contributed by atoms with Crippen LogP contribution in [0, 0.1) is 5.82 Å². The molecular formula is C22H22FN5O2. The molecular weight excluding hydrogens is 385 g/mol. The average Bonchev–Trinajstić information content (AvgIpc) is 3.32. The predicted octanol–water partition coefficient (Wildman–Crippen LogP) is 3.07. The summed E-state index contributed by atoms with van der Waals surface area (Å²) in [5, 5.41) is 0. The van der Waals surface area contributed by atoms with Crippen LogP contribution in [-0.4, -0.2) is 38.1 Å². The summed E-state index contributed by atoms with van der Waals surface area (Å²) in [6, 6.07) is 10.1. The second-order valence-electron chi connectivity index (χ2n) is 6.88. The van der Waals surface area contributed by atoms with Gasteiger partial charge in [-0.25, -0.2) is 14.4 Å². The predicted molar refractivity (Wildman–Crippen MR) is 111 cm³/mol. The van der Waals surface area contributed by atoms with Crippen molar-refractivity contribution in [1.82, 2.24) is 18.9 Å². The molecule has 3 aromatic heterocycles. The molecule has 0 saturated heterocycles. The van der Waals surface area contributed by atoms with Gasteiger partial charge in [0.25, 0.3) is 0 Å². The van der Waals surface area contributed by atoms with Crippen molar-refractivity contribution in [2.45, 2.75) is 19.9 Å². The third kappa shape index (κ3) is 3.95. The number of benzene rings is 1. The van der Waals surface area contributed by atoms with Gasteiger partial charge < -0.3 is 19.4 Å². The van der Waals surface area contributed by atoms with E-state index in [0.717, 1.165) is 28.2 Å². The lowest BCUT2D eigenvalue weighted by Gasteiger charge is -2.12. The van der Waals surface area contributed by atoms with Gasteiger partial charge in [-0.15, -0.1) is 0 Å². The van der Waals surface area contributed by atoms with Crippen LogP contribution in [0.1, 0.15) is 12.6 Å². The average molecular weight is 407 g/mol. The van der Waals surface area contributed by atoms with Crippen molar-refractivity contribution in [2.75, 3.05) is 13.2 Å². The highest BCUT2D eigenvalue weighted by molar-refractivity contribution is 5.79. The molecule has 0 fully saturated rings. The number of amides is 1. The molecule has 2 N–H and O–H groups in total. The maximum absolute atomic E-state index is 13.4. The van der Waals surface area contributed by atoms with Gasteiger partial charge >= 0.3 is 0 Å². The minimum absolute atomic E-state index is 0.0963. The summed E-state index contributed by atoms with van der Waals surface area (Å²) >= 11 is 0. The molecule has 8 heteroatoms. The summed E-state index contributed by atoms with van der Waals surface area (Å²) in [7, 11) is 0. The van der Waals surface area contributed by atoms with Crippen molar-refractivity contribution >= 4 is 11.6 Å². The zero-order chi connectivity index (χ0) is 21.1. The van der Waals surface area contributed by atoms with Gasteiger partial charge in [0.05, 0.1) is 36.4 Å². The van der Waals surface area contributed by atoms with Crippen molar-refractivity contribution in [3.8, 4) is 22.5 Å². The highest BCUT2D eigenvalue weighted by atomic mass is 19.1. The van der Waals surface area contributed by atoms with Crippen LogP contribution >= 0.6 is 0 Å². The number of halogens is 1. The van der Waals surface area contributed by atoms with E-state index in [-0.39, 0.29) is 12.2 Å². The Morgan fingerprint density at radius 3 is 2.63 bits per heavy atom. The van der Waals surface area contributed by atoms with E-state index in [1.54, 1.807) is 24.7 Å². The summed E-state index contributed by atoms with van der Waals surface area (Å²) in [5.74, 6) is -0.719. The third-order valence-electron chi connectivity index (χ3n) is 4.85. The lowest BCUT2D eigenvalue weighted by atomic mass is 10.1. The Balaban J connectivity index is 1.83. The molecule has 0 spiro atoms. The smallest absolute Gasteiger partial charge is 0.223 e. The number of rotatable bonds is 8. The third-order valence-corrected chi connectivity index (χ3v) is 4.85. The van der Waals surface area contributed by atoms with E-state index >= 15 is 0 Å². The molecule has 0 aliphatic heterocycles. The molecule has 154 valence electrons. The first-order valence-electron chi connectivity index (χ1n) is 9.70. The number of hydrogen-bond acceptors (Lipinski definition) is 4. The molecule has 4 aromatic rings.